The van der Waals surface area contributed by atoms with Gasteiger partial charge in [0.2, 0.25) is 5.91 Å². The number of hydrogen-bond acceptors (Lipinski definition) is 2. The number of halogens is 1. The van der Waals surface area contributed by atoms with Gasteiger partial charge in [-0.05, 0) is 47.3 Å². The van der Waals surface area contributed by atoms with Crippen LogP contribution in [0.15, 0.2) is 22.7 Å². The summed E-state index contributed by atoms with van der Waals surface area (Å²) in [7, 11) is 1.64. The summed E-state index contributed by atoms with van der Waals surface area (Å²) < 4.78 is 0.787. The molecular weight excluding hydrogens is 308 g/mol. The van der Waals surface area contributed by atoms with Gasteiger partial charge in [-0.3, -0.25) is 9.59 Å². The Balaban J connectivity index is 2.01. The second-order valence-corrected chi connectivity index (χ2v) is 5.73. The average Bonchev–Trinajstić information content (AvgIpc) is 3.15. The smallest absolute Gasteiger partial charge is 0.255 e. The van der Waals surface area contributed by atoms with E-state index in [1.165, 1.54) is 4.90 Å². The largest absolute Gasteiger partial charge is 0.352 e. The molecule has 4 nitrogen and oxygen atoms in total. The number of hydrogen-bond donors (Lipinski definition) is 1. The minimum absolute atomic E-state index is 0.0930. The van der Waals surface area contributed by atoms with E-state index in [0.29, 0.717) is 11.6 Å². The van der Waals surface area contributed by atoms with Crippen LogP contribution in [0.4, 0.5) is 0 Å². The summed E-state index contributed by atoms with van der Waals surface area (Å²) in [6, 6.07) is 5.85. The van der Waals surface area contributed by atoms with Gasteiger partial charge in [0, 0.05) is 17.6 Å². The first kappa shape index (κ1) is 14.1. The normalized spacial score (nSPS) is 14.1. The quantitative estimate of drug-likeness (QED) is 0.922. The van der Waals surface area contributed by atoms with Crippen molar-refractivity contribution in [1.29, 1.82) is 0 Å². The molecule has 1 aliphatic rings. The fraction of sp³-hybridized carbons (Fsp3) is 0.429. The molecule has 1 aliphatic carbocycles. The van der Waals surface area contributed by atoms with Gasteiger partial charge < -0.3 is 10.2 Å². The van der Waals surface area contributed by atoms with Crippen LogP contribution < -0.4 is 5.32 Å². The number of nitrogens with one attached hydrogen (secondary N) is 1. The Labute approximate surface area is 121 Å². The second kappa shape index (κ2) is 5.74. The van der Waals surface area contributed by atoms with E-state index in [-0.39, 0.29) is 18.4 Å². The van der Waals surface area contributed by atoms with Gasteiger partial charge in [0.05, 0.1) is 12.1 Å². The molecule has 0 spiro atoms. The topological polar surface area (TPSA) is 49.4 Å². The predicted octanol–water partition coefficient (Wildman–Crippen LogP) is 2.11. The van der Waals surface area contributed by atoms with Crippen molar-refractivity contribution in [3.8, 4) is 0 Å². The molecular formula is C14H17BrN2O2. The Hall–Kier alpha value is -1.36. The Morgan fingerprint density at radius 1 is 1.42 bits per heavy atom. The SMILES string of the molecule is Cc1cccc(C(=O)N(C)CC(=O)NC2CC2)c1Br. The number of rotatable bonds is 4. The first-order valence-corrected chi connectivity index (χ1v) is 7.08. The maximum atomic E-state index is 12.3. The van der Waals surface area contributed by atoms with Gasteiger partial charge in [0.1, 0.15) is 0 Å². The molecule has 0 aliphatic heterocycles. The molecule has 2 amide bonds. The molecule has 19 heavy (non-hydrogen) atoms. The molecule has 0 bridgehead atoms. The van der Waals surface area contributed by atoms with Gasteiger partial charge in [-0.25, -0.2) is 0 Å². The number of benzene rings is 1. The molecule has 2 rings (SSSR count). The molecule has 1 aromatic carbocycles. The van der Waals surface area contributed by atoms with Crippen LogP contribution in [-0.2, 0) is 4.79 Å². The summed E-state index contributed by atoms with van der Waals surface area (Å²) in [5.74, 6) is -0.247. The number of carbonyl (C=O) groups is 2. The van der Waals surface area contributed by atoms with Gasteiger partial charge in [0.25, 0.3) is 5.91 Å². The van der Waals surface area contributed by atoms with Crippen molar-refractivity contribution in [2.75, 3.05) is 13.6 Å². The Morgan fingerprint density at radius 2 is 2.11 bits per heavy atom. The molecule has 1 fully saturated rings. The van der Waals surface area contributed by atoms with Crippen LogP contribution in [0.1, 0.15) is 28.8 Å². The van der Waals surface area contributed by atoms with E-state index >= 15 is 0 Å². The molecule has 1 saturated carbocycles. The van der Waals surface area contributed by atoms with Crippen molar-refractivity contribution in [2.24, 2.45) is 0 Å². The first-order chi connectivity index (χ1) is 8.99. The molecule has 102 valence electrons. The Kier molecular flexibility index (Phi) is 4.24. The second-order valence-electron chi connectivity index (χ2n) is 4.94. The van der Waals surface area contributed by atoms with Gasteiger partial charge in [0.15, 0.2) is 0 Å². The average molecular weight is 325 g/mol. The molecule has 5 heteroatoms. The number of amides is 2. The lowest BCUT2D eigenvalue weighted by molar-refractivity contribution is -0.121. The lowest BCUT2D eigenvalue weighted by atomic mass is 10.1. The van der Waals surface area contributed by atoms with Crippen molar-refractivity contribution in [3.05, 3.63) is 33.8 Å². The van der Waals surface area contributed by atoms with E-state index in [1.807, 2.05) is 19.1 Å². The van der Waals surface area contributed by atoms with E-state index < -0.39 is 0 Å². The third-order valence-corrected chi connectivity index (χ3v) is 4.14. The van der Waals surface area contributed by atoms with E-state index in [0.717, 1.165) is 22.9 Å². The lowest BCUT2D eigenvalue weighted by Gasteiger charge is -2.18. The standard InChI is InChI=1S/C14H17BrN2O2/c1-9-4-3-5-11(13(9)15)14(19)17(2)8-12(18)16-10-6-7-10/h3-5,10H,6-8H2,1-2H3,(H,16,18). The molecule has 0 aromatic heterocycles. The van der Waals surface area contributed by atoms with Crippen molar-refractivity contribution >= 4 is 27.7 Å². The summed E-state index contributed by atoms with van der Waals surface area (Å²) in [4.78, 5) is 25.4. The molecule has 0 unspecified atom stereocenters. The van der Waals surface area contributed by atoms with Crippen molar-refractivity contribution < 1.29 is 9.59 Å². The Bertz CT molecular complexity index is 512. The molecule has 0 atom stereocenters. The number of carbonyl (C=O) groups excluding carboxylic acids is 2. The van der Waals surface area contributed by atoms with Crippen LogP contribution in [0, 0.1) is 6.92 Å². The molecule has 1 aromatic rings. The number of nitrogens with zero attached hydrogens (tertiary/aromatic N) is 1. The minimum atomic E-state index is -0.151. The molecule has 0 heterocycles. The van der Waals surface area contributed by atoms with Gasteiger partial charge in [-0.2, -0.15) is 0 Å². The fourth-order valence-electron chi connectivity index (χ4n) is 1.81. The maximum Gasteiger partial charge on any atom is 0.255 e. The van der Waals surface area contributed by atoms with Crippen molar-refractivity contribution in [2.45, 2.75) is 25.8 Å². The predicted molar refractivity (Wildman–Crippen MR) is 77.0 cm³/mol. The maximum absolute atomic E-state index is 12.3. The van der Waals surface area contributed by atoms with Crippen LogP contribution in [0.3, 0.4) is 0 Å². The zero-order valence-corrected chi connectivity index (χ0v) is 12.7. The summed E-state index contributed by atoms with van der Waals surface area (Å²) in [5, 5.41) is 2.87. The van der Waals surface area contributed by atoms with Gasteiger partial charge in [-0.15, -0.1) is 0 Å². The monoisotopic (exact) mass is 324 g/mol. The van der Waals surface area contributed by atoms with E-state index in [1.54, 1.807) is 13.1 Å². The van der Waals surface area contributed by atoms with E-state index in [2.05, 4.69) is 21.2 Å². The van der Waals surface area contributed by atoms with Crippen LogP contribution >= 0.6 is 15.9 Å². The van der Waals surface area contributed by atoms with Gasteiger partial charge in [-0.1, -0.05) is 12.1 Å². The molecule has 1 N–H and O–H groups in total. The van der Waals surface area contributed by atoms with Crippen molar-refractivity contribution in [3.63, 3.8) is 0 Å². The highest BCUT2D eigenvalue weighted by Gasteiger charge is 2.25. The summed E-state index contributed by atoms with van der Waals surface area (Å²) in [6.45, 7) is 2.02. The van der Waals surface area contributed by atoms with Gasteiger partial charge >= 0.3 is 0 Å². The Morgan fingerprint density at radius 3 is 2.74 bits per heavy atom. The lowest BCUT2D eigenvalue weighted by Crippen LogP contribution is -2.39. The highest BCUT2D eigenvalue weighted by Crippen LogP contribution is 2.22. The molecule has 0 radical (unpaired) electrons. The van der Waals surface area contributed by atoms with Crippen LogP contribution in [-0.4, -0.2) is 36.3 Å². The fourth-order valence-corrected chi connectivity index (χ4v) is 2.24. The van der Waals surface area contributed by atoms with Crippen molar-refractivity contribution in [1.82, 2.24) is 10.2 Å². The summed E-state index contributed by atoms with van der Waals surface area (Å²) >= 11 is 3.42. The van der Waals surface area contributed by atoms with Crippen LogP contribution in [0.5, 0.6) is 0 Å². The van der Waals surface area contributed by atoms with Crippen LogP contribution in [0.25, 0.3) is 0 Å². The third kappa shape index (κ3) is 3.56. The van der Waals surface area contributed by atoms with E-state index in [9.17, 15) is 9.59 Å². The first-order valence-electron chi connectivity index (χ1n) is 6.29. The third-order valence-electron chi connectivity index (χ3n) is 3.09. The summed E-state index contributed by atoms with van der Waals surface area (Å²) in [6.07, 6.45) is 2.10. The summed E-state index contributed by atoms with van der Waals surface area (Å²) in [5.41, 5.74) is 1.59. The number of aryl methyl sites for hydroxylation is 1. The zero-order valence-electron chi connectivity index (χ0n) is 11.1. The minimum Gasteiger partial charge on any atom is -0.352 e. The highest BCUT2D eigenvalue weighted by molar-refractivity contribution is 9.10. The van der Waals surface area contributed by atoms with Crippen LogP contribution in [0.2, 0.25) is 0 Å². The van der Waals surface area contributed by atoms with E-state index in [4.69, 9.17) is 0 Å². The molecule has 0 saturated heterocycles. The highest BCUT2D eigenvalue weighted by atomic mass is 79.9. The zero-order chi connectivity index (χ0) is 14.0. The number of likely N-dealkylation sites (N-methyl/N-ethyl adjacent to an activating group) is 1.